The number of carboxylic acids is 1. The Morgan fingerprint density at radius 2 is 1.17 bits per heavy atom. The maximum absolute atomic E-state index is 11.5. The molecule has 20 unspecified atom stereocenters. The highest BCUT2D eigenvalue weighted by atomic mass is 16.7. The molecule has 4 heterocycles. The highest BCUT2D eigenvalue weighted by molar-refractivity contribution is 5.73. The van der Waals surface area contributed by atoms with Gasteiger partial charge in [0.05, 0.1) is 32.5 Å². The Balaban J connectivity index is 1.43. The first-order valence-corrected chi connectivity index (χ1v) is 16.2. The van der Waals surface area contributed by atoms with Crippen molar-refractivity contribution in [1.29, 1.82) is 0 Å². The van der Waals surface area contributed by atoms with E-state index in [0.29, 0.717) is 0 Å². The first kappa shape index (κ1) is 42.7. The second-order valence-corrected chi connectivity index (χ2v) is 12.6. The molecular formula is C28H48N2O22. The van der Waals surface area contributed by atoms with Crippen LogP contribution in [0.1, 0.15) is 6.92 Å². The van der Waals surface area contributed by atoms with Crippen LogP contribution in [0.25, 0.3) is 0 Å². The summed E-state index contributed by atoms with van der Waals surface area (Å²) in [5, 5.41) is 134. The quantitative estimate of drug-likeness (QED) is 0.0611. The SMILES string of the molecule is CC1OC(COC2OC(CO)C(O)C(OC3OC(COC(N)=NCCO)C(O)C(O)C3O)C2O)C(O)C(OC2OC(C(=O)O)C(O)C(O)C2O)C1O. The van der Waals surface area contributed by atoms with Crippen LogP contribution in [0.5, 0.6) is 0 Å². The molecule has 0 amide bonds. The lowest BCUT2D eigenvalue weighted by molar-refractivity contribution is -0.364. The lowest BCUT2D eigenvalue weighted by Gasteiger charge is -2.47. The number of amidine groups is 1. The monoisotopic (exact) mass is 764 g/mol. The topological polar surface area (TPSA) is 392 Å². The number of aliphatic hydroxyl groups is 12. The molecule has 52 heavy (non-hydrogen) atoms. The molecule has 0 aromatic carbocycles. The van der Waals surface area contributed by atoms with E-state index in [0.717, 1.165) is 0 Å². The van der Waals surface area contributed by atoms with Crippen molar-refractivity contribution < 1.29 is 109 Å². The Morgan fingerprint density at radius 3 is 1.77 bits per heavy atom. The van der Waals surface area contributed by atoms with E-state index in [-0.39, 0.29) is 19.2 Å². The molecule has 0 aliphatic carbocycles. The fourth-order valence-corrected chi connectivity index (χ4v) is 5.97. The minimum Gasteiger partial charge on any atom is -0.479 e. The molecule has 0 aromatic rings. The molecule has 4 aliphatic heterocycles. The van der Waals surface area contributed by atoms with Crippen molar-refractivity contribution in [2.24, 2.45) is 10.7 Å². The van der Waals surface area contributed by atoms with E-state index in [1.807, 2.05) is 0 Å². The highest BCUT2D eigenvalue weighted by Gasteiger charge is 2.54. The number of hydrogen-bond donors (Lipinski definition) is 14. The van der Waals surface area contributed by atoms with Gasteiger partial charge in [-0.05, 0) is 6.92 Å². The summed E-state index contributed by atoms with van der Waals surface area (Å²) in [5.74, 6) is -1.70. The summed E-state index contributed by atoms with van der Waals surface area (Å²) in [6.45, 7) is -1.08. The van der Waals surface area contributed by atoms with Crippen molar-refractivity contribution in [1.82, 2.24) is 0 Å². The van der Waals surface area contributed by atoms with Gasteiger partial charge in [0.1, 0.15) is 98.2 Å². The van der Waals surface area contributed by atoms with Crippen LogP contribution in [0, 0.1) is 0 Å². The van der Waals surface area contributed by atoms with E-state index in [4.69, 9.17) is 48.7 Å². The van der Waals surface area contributed by atoms with Gasteiger partial charge in [0, 0.05) is 0 Å². The second kappa shape index (κ2) is 18.5. The van der Waals surface area contributed by atoms with Crippen molar-refractivity contribution >= 4 is 12.0 Å². The van der Waals surface area contributed by atoms with Gasteiger partial charge in [0.25, 0.3) is 6.02 Å². The van der Waals surface area contributed by atoms with Crippen LogP contribution >= 0.6 is 0 Å². The maximum Gasteiger partial charge on any atom is 0.335 e. The van der Waals surface area contributed by atoms with Crippen LogP contribution in [0.2, 0.25) is 0 Å². The van der Waals surface area contributed by atoms with E-state index >= 15 is 0 Å². The van der Waals surface area contributed by atoms with Gasteiger partial charge in [-0.3, -0.25) is 0 Å². The molecule has 24 heteroatoms. The number of nitrogens with two attached hydrogens (primary N) is 1. The number of aliphatic carboxylic acids is 1. The Morgan fingerprint density at radius 1 is 0.635 bits per heavy atom. The molecule has 20 atom stereocenters. The smallest absolute Gasteiger partial charge is 0.335 e. The van der Waals surface area contributed by atoms with E-state index in [9.17, 15) is 66.1 Å². The lowest BCUT2D eigenvalue weighted by atomic mass is 9.94. The van der Waals surface area contributed by atoms with Crippen LogP contribution in [0.3, 0.4) is 0 Å². The van der Waals surface area contributed by atoms with Gasteiger partial charge in [-0.15, -0.1) is 0 Å². The van der Waals surface area contributed by atoms with Crippen LogP contribution < -0.4 is 5.73 Å². The van der Waals surface area contributed by atoms with Gasteiger partial charge >= 0.3 is 5.97 Å². The van der Waals surface area contributed by atoms with E-state index in [1.165, 1.54) is 6.92 Å². The fraction of sp³-hybridized carbons (Fsp3) is 0.929. The predicted molar refractivity (Wildman–Crippen MR) is 160 cm³/mol. The first-order valence-electron chi connectivity index (χ1n) is 16.2. The predicted octanol–water partition coefficient (Wildman–Crippen LogP) is -9.26. The molecule has 0 bridgehead atoms. The Labute approximate surface area is 294 Å². The lowest BCUT2D eigenvalue weighted by Crippen LogP contribution is -2.66. The van der Waals surface area contributed by atoms with Gasteiger partial charge in [0.2, 0.25) is 0 Å². The number of hydrogen-bond acceptors (Lipinski definition) is 22. The highest BCUT2D eigenvalue weighted by Crippen LogP contribution is 2.32. The number of aliphatic imine (C=N–C) groups is 1. The number of carbonyl (C=O) groups is 1. The summed E-state index contributed by atoms with van der Waals surface area (Å²) in [4.78, 5) is 15.2. The van der Waals surface area contributed by atoms with E-state index < -0.39 is 148 Å². The molecule has 302 valence electrons. The second-order valence-electron chi connectivity index (χ2n) is 12.6. The zero-order valence-electron chi connectivity index (χ0n) is 27.6. The minimum atomic E-state index is -2.04. The molecule has 4 aliphatic rings. The third-order valence-corrected chi connectivity index (χ3v) is 9.00. The van der Waals surface area contributed by atoms with Gasteiger partial charge in [0.15, 0.2) is 25.0 Å². The zero-order chi connectivity index (χ0) is 38.6. The van der Waals surface area contributed by atoms with Crippen molar-refractivity contribution in [2.45, 2.75) is 130 Å². The van der Waals surface area contributed by atoms with E-state index in [2.05, 4.69) is 4.99 Å². The summed E-state index contributed by atoms with van der Waals surface area (Å²) in [7, 11) is 0. The summed E-state index contributed by atoms with van der Waals surface area (Å²) in [5.41, 5.74) is 5.56. The van der Waals surface area contributed by atoms with Crippen LogP contribution in [0.15, 0.2) is 4.99 Å². The summed E-state index contributed by atoms with van der Waals surface area (Å²) >= 11 is 0. The Hall–Kier alpha value is -2.02. The van der Waals surface area contributed by atoms with Gasteiger partial charge in [-0.25, -0.2) is 9.79 Å². The molecule has 0 spiro atoms. The normalized spacial score (nSPS) is 47.6. The molecule has 4 fully saturated rings. The fourth-order valence-electron chi connectivity index (χ4n) is 5.97. The maximum atomic E-state index is 11.5. The molecule has 0 radical (unpaired) electrons. The Kier molecular flexibility index (Phi) is 15.2. The Bertz CT molecular complexity index is 1170. The van der Waals surface area contributed by atoms with Gasteiger partial charge in [-0.2, -0.15) is 0 Å². The van der Waals surface area contributed by atoms with E-state index in [1.54, 1.807) is 0 Å². The third-order valence-electron chi connectivity index (χ3n) is 9.00. The molecule has 15 N–H and O–H groups in total. The summed E-state index contributed by atoms with van der Waals surface area (Å²) < 4.78 is 43.6. The molecular weight excluding hydrogens is 716 g/mol. The number of rotatable bonds is 13. The van der Waals surface area contributed by atoms with Gasteiger partial charge in [-0.1, -0.05) is 0 Å². The van der Waals surface area contributed by atoms with Crippen molar-refractivity contribution in [2.75, 3.05) is 33.0 Å². The number of nitrogens with zero attached hydrogens (tertiary/aromatic N) is 1. The number of aliphatic hydroxyl groups excluding tert-OH is 12. The van der Waals surface area contributed by atoms with Crippen molar-refractivity contribution in [3.63, 3.8) is 0 Å². The van der Waals surface area contributed by atoms with Crippen molar-refractivity contribution in [3.05, 3.63) is 0 Å². The number of ether oxygens (including phenoxy) is 8. The first-order chi connectivity index (χ1) is 24.5. The average Bonchev–Trinajstić information content (AvgIpc) is 3.11. The summed E-state index contributed by atoms with van der Waals surface area (Å²) in [6.07, 6.45) is -35.2. The minimum absolute atomic E-state index is 0.0890. The van der Waals surface area contributed by atoms with Crippen LogP contribution in [-0.4, -0.2) is 234 Å². The molecule has 0 aromatic heterocycles. The van der Waals surface area contributed by atoms with Crippen LogP contribution in [-0.2, 0) is 42.7 Å². The molecule has 4 saturated heterocycles. The molecule has 4 rings (SSSR count). The largest absolute Gasteiger partial charge is 0.479 e. The van der Waals surface area contributed by atoms with Crippen LogP contribution in [0.4, 0.5) is 0 Å². The number of carboxylic acid groups (broad SMARTS) is 1. The summed E-state index contributed by atoms with van der Waals surface area (Å²) in [6, 6.07) is -0.386. The standard InChI is InChI=1S/C28H48N2O22/c1-7-11(33)21(50-27-19(41)16(38)17(39)23(52-27)24(43)44)14(36)10(47-7)5-45-25-20(42)22(13(35)8(4-32)48-25)51-26-18(40)15(37)12(34)9(49-26)6-46-28(29)30-2-3-31/h7-23,25-27,31-42H,2-6H2,1H3,(H2,29,30)(H,43,44). The third kappa shape index (κ3) is 9.43. The average molecular weight is 765 g/mol. The zero-order valence-corrected chi connectivity index (χ0v) is 27.6. The molecule has 0 saturated carbocycles. The molecule has 24 nitrogen and oxygen atoms in total. The van der Waals surface area contributed by atoms with Gasteiger partial charge < -0.3 is 110 Å². The van der Waals surface area contributed by atoms with Crippen molar-refractivity contribution in [3.8, 4) is 0 Å².